The predicted octanol–water partition coefficient (Wildman–Crippen LogP) is 2.20. The summed E-state index contributed by atoms with van der Waals surface area (Å²) in [6.07, 6.45) is 4.00. The van der Waals surface area contributed by atoms with Gasteiger partial charge < -0.3 is 4.74 Å². The fourth-order valence-electron chi connectivity index (χ4n) is 2.93. The van der Waals surface area contributed by atoms with Crippen LogP contribution in [0, 0.1) is 0 Å². The first kappa shape index (κ1) is 14.0. The number of methoxy groups -OCH3 is 1. The van der Waals surface area contributed by atoms with Gasteiger partial charge in [-0.15, -0.1) is 11.3 Å². The summed E-state index contributed by atoms with van der Waals surface area (Å²) in [5.74, 6) is -0.204. The normalized spacial score (nSPS) is 21.6. The highest BCUT2D eigenvalue weighted by atomic mass is 32.1. The summed E-state index contributed by atoms with van der Waals surface area (Å²) in [6, 6.07) is 2.92. The zero-order valence-electron chi connectivity index (χ0n) is 12.0. The van der Waals surface area contributed by atoms with Crippen molar-refractivity contribution >= 4 is 17.3 Å². The Morgan fingerprint density at radius 1 is 1.35 bits per heavy atom. The summed E-state index contributed by atoms with van der Waals surface area (Å²) in [4.78, 5) is 17.6. The summed E-state index contributed by atoms with van der Waals surface area (Å²) in [6.45, 7) is 5.50. The molecule has 1 aromatic rings. The van der Waals surface area contributed by atoms with Gasteiger partial charge in [0.25, 0.3) is 0 Å². The predicted molar refractivity (Wildman–Crippen MR) is 80.1 cm³/mol. The van der Waals surface area contributed by atoms with Crippen molar-refractivity contribution < 1.29 is 9.53 Å². The molecule has 20 heavy (non-hydrogen) atoms. The van der Waals surface area contributed by atoms with E-state index in [0.717, 1.165) is 36.1 Å². The van der Waals surface area contributed by atoms with Crippen LogP contribution in [0.1, 0.15) is 34.5 Å². The number of rotatable bonds is 4. The molecule has 1 aliphatic carbocycles. The molecule has 5 heteroatoms. The third kappa shape index (κ3) is 3.22. The third-order valence-electron chi connectivity index (χ3n) is 4.20. The van der Waals surface area contributed by atoms with Gasteiger partial charge in [-0.1, -0.05) is 0 Å². The molecular weight excluding hydrogens is 272 g/mol. The maximum atomic E-state index is 11.7. The van der Waals surface area contributed by atoms with E-state index in [1.54, 1.807) is 0 Å². The van der Waals surface area contributed by atoms with Crippen molar-refractivity contribution in [3.8, 4) is 0 Å². The molecular formula is C15H22N2O2S. The first-order chi connectivity index (χ1) is 9.78. The molecule has 2 heterocycles. The average molecular weight is 294 g/mol. The van der Waals surface area contributed by atoms with Crippen LogP contribution in [0.2, 0.25) is 0 Å². The number of carbonyl (C=O) groups is 1. The van der Waals surface area contributed by atoms with Crippen LogP contribution in [0.15, 0.2) is 11.4 Å². The lowest BCUT2D eigenvalue weighted by molar-refractivity contribution is 0.0604. The van der Waals surface area contributed by atoms with Gasteiger partial charge in [0, 0.05) is 25.7 Å². The topological polar surface area (TPSA) is 32.8 Å². The Morgan fingerprint density at radius 3 is 2.95 bits per heavy atom. The van der Waals surface area contributed by atoms with Crippen LogP contribution in [0.4, 0.5) is 0 Å². The number of hydrogen-bond donors (Lipinski definition) is 0. The van der Waals surface area contributed by atoms with E-state index in [9.17, 15) is 4.79 Å². The minimum atomic E-state index is -0.204. The quantitative estimate of drug-likeness (QED) is 0.797. The maximum absolute atomic E-state index is 11.7. The van der Waals surface area contributed by atoms with Crippen LogP contribution in [0.25, 0.3) is 0 Å². The fraction of sp³-hybridized carbons (Fsp3) is 0.667. The molecule has 0 unspecified atom stereocenters. The molecule has 0 bridgehead atoms. The maximum Gasteiger partial charge on any atom is 0.348 e. The number of hydrogen-bond acceptors (Lipinski definition) is 5. The standard InChI is InChI=1S/C15H22N2O2S/c1-19-15(18)14-12(5-10-20-14)11-16-6-2-7-17(9-8-16)13-3-4-13/h5,10,13H,2-4,6-9,11H2,1H3. The molecule has 0 radical (unpaired) electrons. The lowest BCUT2D eigenvalue weighted by atomic mass is 10.2. The second-order valence-electron chi connectivity index (χ2n) is 5.66. The lowest BCUT2D eigenvalue weighted by Crippen LogP contribution is -2.32. The fourth-order valence-corrected chi connectivity index (χ4v) is 3.76. The first-order valence-electron chi connectivity index (χ1n) is 7.39. The average Bonchev–Trinajstić information content (AvgIpc) is 3.22. The van der Waals surface area contributed by atoms with Crippen molar-refractivity contribution in [1.29, 1.82) is 0 Å². The van der Waals surface area contributed by atoms with Crippen LogP contribution < -0.4 is 0 Å². The van der Waals surface area contributed by atoms with Crippen molar-refractivity contribution in [1.82, 2.24) is 9.80 Å². The molecule has 1 saturated carbocycles. The Balaban J connectivity index is 1.60. The first-order valence-corrected chi connectivity index (χ1v) is 8.27. The smallest absolute Gasteiger partial charge is 0.348 e. The summed E-state index contributed by atoms with van der Waals surface area (Å²) in [5.41, 5.74) is 1.11. The molecule has 1 aliphatic heterocycles. The van der Waals surface area contributed by atoms with Gasteiger partial charge in [0.05, 0.1) is 7.11 Å². The molecule has 0 spiro atoms. The van der Waals surface area contributed by atoms with Gasteiger partial charge in [-0.3, -0.25) is 9.80 Å². The van der Waals surface area contributed by atoms with Gasteiger partial charge in [-0.25, -0.2) is 4.79 Å². The number of ether oxygens (including phenoxy) is 1. The van der Waals surface area contributed by atoms with Crippen LogP contribution >= 0.6 is 11.3 Å². The highest BCUT2D eigenvalue weighted by Crippen LogP contribution is 2.28. The van der Waals surface area contributed by atoms with Crippen molar-refractivity contribution in [2.75, 3.05) is 33.3 Å². The molecule has 2 fully saturated rings. The monoisotopic (exact) mass is 294 g/mol. The Kier molecular flexibility index (Phi) is 4.38. The van der Waals surface area contributed by atoms with Crippen LogP contribution in [-0.4, -0.2) is 55.1 Å². The van der Waals surface area contributed by atoms with E-state index < -0.39 is 0 Å². The molecule has 2 aliphatic rings. The highest BCUT2D eigenvalue weighted by molar-refractivity contribution is 7.12. The van der Waals surface area contributed by atoms with Crippen LogP contribution in [0.3, 0.4) is 0 Å². The van der Waals surface area contributed by atoms with Crippen molar-refractivity contribution in [2.24, 2.45) is 0 Å². The molecule has 0 amide bonds. The van der Waals surface area contributed by atoms with Gasteiger partial charge in [0.2, 0.25) is 0 Å². The van der Waals surface area contributed by atoms with Crippen LogP contribution in [-0.2, 0) is 11.3 Å². The van der Waals surface area contributed by atoms with E-state index in [-0.39, 0.29) is 5.97 Å². The zero-order valence-corrected chi connectivity index (χ0v) is 12.8. The summed E-state index contributed by atoms with van der Waals surface area (Å²) < 4.78 is 4.85. The van der Waals surface area contributed by atoms with Crippen molar-refractivity contribution in [3.63, 3.8) is 0 Å². The van der Waals surface area contributed by atoms with Crippen LogP contribution in [0.5, 0.6) is 0 Å². The third-order valence-corrected chi connectivity index (χ3v) is 5.13. The minimum Gasteiger partial charge on any atom is -0.465 e. The lowest BCUT2D eigenvalue weighted by Gasteiger charge is -2.21. The Bertz CT molecular complexity index is 470. The SMILES string of the molecule is COC(=O)c1sccc1CN1CCCN(C2CC2)CC1. The summed E-state index contributed by atoms with van der Waals surface area (Å²) in [5, 5.41) is 1.98. The molecule has 110 valence electrons. The second kappa shape index (κ2) is 6.24. The largest absolute Gasteiger partial charge is 0.465 e. The summed E-state index contributed by atoms with van der Waals surface area (Å²) >= 11 is 1.48. The Morgan fingerprint density at radius 2 is 2.20 bits per heavy atom. The molecule has 1 aromatic heterocycles. The molecule has 1 saturated heterocycles. The van der Waals surface area contributed by atoms with Gasteiger partial charge in [0.15, 0.2) is 0 Å². The van der Waals surface area contributed by atoms with E-state index in [4.69, 9.17) is 4.74 Å². The van der Waals surface area contributed by atoms with E-state index in [1.807, 2.05) is 5.38 Å². The molecule has 3 rings (SSSR count). The minimum absolute atomic E-state index is 0.204. The number of nitrogens with zero attached hydrogens (tertiary/aromatic N) is 2. The van der Waals surface area contributed by atoms with Gasteiger partial charge in [0.1, 0.15) is 4.88 Å². The number of thiophene rings is 1. The van der Waals surface area contributed by atoms with Gasteiger partial charge >= 0.3 is 5.97 Å². The molecule has 0 atom stereocenters. The van der Waals surface area contributed by atoms with E-state index in [0.29, 0.717) is 0 Å². The van der Waals surface area contributed by atoms with E-state index in [1.165, 1.54) is 50.8 Å². The Labute approximate surface area is 124 Å². The molecule has 0 aromatic carbocycles. The van der Waals surface area contributed by atoms with Gasteiger partial charge in [-0.2, -0.15) is 0 Å². The molecule has 0 N–H and O–H groups in total. The number of esters is 1. The van der Waals surface area contributed by atoms with Crippen molar-refractivity contribution in [2.45, 2.75) is 31.8 Å². The number of carbonyl (C=O) groups excluding carboxylic acids is 1. The summed E-state index contributed by atoms with van der Waals surface area (Å²) in [7, 11) is 1.45. The second-order valence-corrected chi connectivity index (χ2v) is 6.58. The van der Waals surface area contributed by atoms with Gasteiger partial charge in [-0.05, 0) is 49.4 Å². The molecule has 4 nitrogen and oxygen atoms in total. The van der Waals surface area contributed by atoms with E-state index in [2.05, 4.69) is 15.9 Å². The van der Waals surface area contributed by atoms with Crippen molar-refractivity contribution in [3.05, 3.63) is 21.9 Å². The Hall–Kier alpha value is -0.910. The zero-order chi connectivity index (χ0) is 13.9. The highest BCUT2D eigenvalue weighted by Gasteiger charge is 2.30. The van der Waals surface area contributed by atoms with E-state index >= 15 is 0 Å².